The van der Waals surface area contributed by atoms with Gasteiger partial charge in [-0.1, -0.05) is 32.3 Å². The van der Waals surface area contributed by atoms with Crippen LogP contribution in [-0.4, -0.2) is 37.0 Å². The number of methoxy groups -OCH3 is 1. The molecular formula is C21H31FN3O4+. The molecule has 0 spiro atoms. The number of esters is 1. The number of carbonyl (C=O) groups is 3. The SMILES string of the molecule is CCC(=O)N[C@H](Cc1ccc(NC(=O)[C@@H]([NH3+])C2CCCCC2)c(F)c1)C(=O)OC. The summed E-state index contributed by atoms with van der Waals surface area (Å²) in [5.41, 5.74) is 4.57. The van der Waals surface area contributed by atoms with E-state index < -0.39 is 23.9 Å². The molecule has 0 saturated heterocycles. The molecule has 160 valence electrons. The summed E-state index contributed by atoms with van der Waals surface area (Å²) in [7, 11) is 1.23. The van der Waals surface area contributed by atoms with E-state index in [1.807, 2.05) is 0 Å². The number of benzene rings is 1. The van der Waals surface area contributed by atoms with E-state index in [0.717, 1.165) is 25.7 Å². The van der Waals surface area contributed by atoms with Crippen molar-refractivity contribution >= 4 is 23.5 Å². The van der Waals surface area contributed by atoms with Crippen LogP contribution < -0.4 is 16.4 Å². The van der Waals surface area contributed by atoms with Crippen LogP contribution in [0.15, 0.2) is 18.2 Å². The zero-order valence-corrected chi connectivity index (χ0v) is 17.1. The van der Waals surface area contributed by atoms with Crippen LogP contribution in [0, 0.1) is 11.7 Å². The summed E-state index contributed by atoms with van der Waals surface area (Å²) >= 11 is 0. The number of anilines is 1. The van der Waals surface area contributed by atoms with Crippen molar-refractivity contribution in [2.75, 3.05) is 12.4 Å². The number of hydrogen-bond acceptors (Lipinski definition) is 4. The van der Waals surface area contributed by atoms with E-state index in [-0.39, 0.29) is 36.3 Å². The van der Waals surface area contributed by atoms with Gasteiger partial charge in [0.15, 0.2) is 6.04 Å². The van der Waals surface area contributed by atoms with Crippen LogP contribution in [0.4, 0.5) is 10.1 Å². The lowest BCUT2D eigenvalue weighted by atomic mass is 9.84. The molecule has 2 amide bonds. The molecule has 2 atom stereocenters. The molecule has 1 aliphatic rings. The Hall–Kier alpha value is -2.48. The second-order valence-electron chi connectivity index (χ2n) is 7.51. The van der Waals surface area contributed by atoms with Gasteiger partial charge in [-0.05, 0) is 30.5 Å². The highest BCUT2D eigenvalue weighted by atomic mass is 19.1. The van der Waals surface area contributed by atoms with Crippen LogP contribution in [0.2, 0.25) is 0 Å². The van der Waals surface area contributed by atoms with Gasteiger partial charge in [0.1, 0.15) is 11.9 Å². The fourth-order valence-corrected chi connectivity index (χ4v) is 3.63. The van der Waals surface area contributed by atoms with E-state index >= 15 is 0 Å². The predicted octanol–water partition coefficient (Wildman–Crippen LogP) is 1.57. The van der Waals surface area contributed by atoms with Gasteiger partial charge in [0, 0.05) is 18.8 Å². The zero-order valence-electron chi connectivity index (χ0n) is 17.1. The first-order valence-electron chi connectivity index (χ1n) is 10.1. The Labute approximate surface area is 170 Å². The maximum atomic E-state index is 14.5. The smallest absolute Gasteiger partial charge is 0.328 e. The summed E-state index contributed by atoms with van der Waals surface area (Å²) in [6.07, 6.45) is 5.64. The molecule has 0 bridgehead atoms. The van der Waals surface area contributed by atoms with E-state index in [1.54, 1.807) is 13.0 Å². The Balaban J connectivity index is 2.03. The molecular weight excluding hydrogens is 377 g/mol. The number of carbonyl (C=O) groups excluding carboxylic acids is 3. The Morgan fingerprint density at radius 1 is 1.24 bits per heavy atom. The van der Waals surface area contributed by atoms with Crippen LogP contribution in [0.3, 0.4) is 0 Å². The van der Waals surface area contributed by atoms with Crippen molar-refractivity contribution in [3.8, 4) is 0 Å². The highest BCUT2D eigenvalue weighted by molar-refractivity contribution is 5.94. The van der Waals surface area contributed by atoms with Crippen molar-refractivity contribution < 1.29 is 29.2 Å². The molecule has 0 radical (unpaired) electrons. The van der Waals surface area contributed by atoms with E-state index in [9.17, 15) is 18.8 Å². The summed E-state index contributed by atoms with van der Waals surface area (Å²) in [5, 5.41) is 5.19. The summed E-state index contributed by atoms with van der Waals surface area (Å²) in [6, 6.07) is 3.02. The van der Waals surface area contributed by atoms with E-state index in [0.29, 0.717) is 5.56 Å². The molecule has 5 N–H and O–H groups in total. The number of halogens is 1. The van der Waals surface area contributed by atoms with Crippen molar-refractivity contribution in [2.24, 2.45) is 5.92 Å². The number of quaternary nitrogens is 1. The van der Waals surface area contributed by atoms with Gasteiger partial charge < -0.3 is 21.1 Å². The third-order valence-corrected chi connectivity index (χ3v) is 5.43. The number of hydrogen-bond donors (Lipinski definition) is 3. The molecule has 0 aromatic heterocycles. The number of rotatable bonds is 8. The van der Waals surface area contributed by atoms with Crippen molar-refractivity contribution in [1.82, 2.24) is 5.32 Å². The highest BCUT2D eigenvalue weighted by Crippen LogP contribution is 2.26. The van der Waals surface area contributed by atoms with Gasteiger partial charge >= 0.3 is 5.97 Å². The third-order valence-electron chi connectivity index (χ3n) is 5.43. The van der Waals surface area contributed by atoms with Crippen molar-refractivity contribution in [3.05, 3.63) is 29.6 Å². The monoisotopic (exact) mass is 408 g/mol. The molecule has 29 heavy (non-hydrogen) atoms. The second kappa shape index (κ2) is 10.9. The Morgan fingerprint density at radius 2 is 1.93 bits per heavy atom. The van der Waals surface area contributed by atoms with E-state index in [1.165, 1.54) is 25.7 Å². The lowest BCUT2D eigenvalue weighted by Gasteiger charge is -2.24. The highest BCUT2D eigenvalue weighted by Gasteiger charge is 2.30. The van der Waals surface area contributed by atoms with Crippen molar-refractivity contribution in [3.63, 3.8) is 0 Å². The minimum absolute atomic E-state index is 0.0791. The summed E-state index contributed by atoms with van der Waals surface area (Å²) in [5.74, 6) is -1.55. The van der Waals surface area contributed by atoms with Crippen LogP contribution in [0.1, 0.15) is 51.0 Å². The van der Waals surface area contributed by atoms with Crippen LogP contribution in [-0.2, 0) is 25.5 Å². The molecule has 1 aromatic carbocycles. The largest absolute Gasteiger partial charge is 0.467 e. The van der Waals surface area contributed by atoms with Gasteiger partial charge in [-0.15, -0.1) is 0 Å². The van der Waals surface area contributed by atoms with Gasteiger partial charge in [-0.2, -0.15) is 0 Å². The van der Waals surface area contributed by atoms with Gasteiger partial charge in [-0.3, -0.25) is 9.59 Å². The van der Waals surface area contributed by atoms with Gasteiger partial charge in [0.2, 0.25) is 5.91 Å². The molecule has 0 heterocycles. The third kappa shape index (κ3) is 6.52. The number of ether oxygens (including phenoxy) is 1. The molecule has 1 aliphatic carbocycles. The Morgan fingerprint density at radius 3 is 2.52 bits per heavy atom. The second-order valence-corrected chi connectivity index (χ2v) is 7.51. The summed E-state index contributed by atoms with van der Waals surface area (Å²) in [4.78, 5) is 36.0. The van der Waals surface area contributed by atoms with Crippen LogP contribution in [0.25, 0.3) is 0 Å². The molecule has 7 nitrogen and oxygen atoms in total. The lowest BCUT2D eigenvalue weighted by molar-refractivity contribution is -0.416. The van der Waals surface area contributed by atoms with Gasteiger partial charge in [0.05, 0.1) is 12.8 Å². The zero-order chi connectivity index (χ0) is 21.4. The van der Waals surface area contributed by atoms with Crippen molar-refractivity contribution in [2.45, 2.75) is 64.0 Å². The fourth-order valence-electron chi connectivity index (χ4n) is 3.63. The Kier molecular flexibility index (Phi) is 8.57. The number of amides is 2. The minimum Gasteiger partial charge on any atom is -0.467 e. The standard InChI is InChI=1S/C21H30FN3O4/c1-3-18(26)24-17(21(28)29-2)12-13-9-10-16(15(22)11-13)25-20(27)19(23)14-7-5-4-6-8-14/h9-11,14,17,19H,3-8,12,23H2,1-2H3,(H,24,26)(H,25,27)/p+1/t17-,19+/m1/s1. The van der Waals surface area contributed by atoms with E-state index in [2.05, 4.69) is 16.4 Å². The molecule has 1 saturated carbocycles. The average Bonchev–Trinajstić information content (AvgIpc) is 2.74. The molecule has 8 heteroatoms. The summed E-state index contributed by atoms with van der Waals surface area (Å²) in [6.45, 7) is 1.67. The average molecular weight is 408 g/mol. The minimum atomic E-state index is -0.900. The quantitative estimate of drug-likeness (QED) is 0.567. The number of nitrogens with one attached hydrogen (secondary N) is 2. The summed E-state index contributed by atoms with van der Waals surface area (Å²) < 4.78 is 19.2. The molecule has 2 rings (SSSR count). The van der Waals surface area contributed by atoms with Gasteiger partial charge in [0.25, 0.3) is 5.91 Å². The molecule has 0 aliphatic heterocycles. The maximum Gasteiger partial charge on any atom is 0.328 e. The van der Waals surface area contributed by atoms with Crippen LogP contribution in [0.5, 0.6) is 0 Å². The lowest BCUT2D eigenvalue weighted by Crippen LogP contribution is -2.69. The molecule has 1 fully saturated rings. The first-order chi connectivity index (χ1) is 13.8. The van der Waals surface area contributed by atoms with Gasteiger partial charge in [-0.25, -0.2) is 9.18 Å². The topological polar surface area (TPSA) is 112 Å². The first-order valence-corrected chi connectivity index (χ1v) is 10.1. The normalized spacial score (nSPS) is 16.6. The van der Waals surface area contributed by atoms with Crippen LogP contribution >= 0.6 is 0 Å². The predicted molar refractivity (Wildman–Crippen MR) is 106 cm³/mol. The van der Waals surface area contributed by atoms with E-state index in [4.69, 9.17) is 4.74 Å². The first kappa shape index (κ1) is 22.8. The fraction of sp³-hybridized carbons (Fsp3) is 0.571. The molecule has 1 aromatic rings. The maximum absolute atomic E-state index is 14.5. The van der Waals surface area contributed by atoms with Crippen molar-refractivity contribution in [1.29, 1.82) is 0 Å². The molecule has 0 unspecified atom stereocenters. The Bertz CT molecular complexity index is 735.